The minimum Gasteiger partial charge on any atom is -0.497 e. The number of anilines is 2. The van der Waals surface area contributed by atoms with Crippen LogP contribution in [0.1, 0.15) is 0 Å². The van der Waals surface area contributed by atoms with Crippen LogP contribution in [0.3, 0.4) is 0 Å². The first kappa shape index (κ1) is 15.9. The zero-order chi connectivity index (χ0) is 17.2. The zero-order valence-corrected chi connectivity index (χ0v) is 15.6. The fraction of sp³-hybridized carbons (Fsp3) is 0.0526. The Labute approximate surface area is 158 Å². The topological polar surface area (TPSA) is 52.0 Å². The summed E-state index contributed by atoms with van der Waals surface area (Å²) >= 11 is 2.31. The van der Waals surface area contributed by atoms with Crippen molar-refractivity contribution in [2.45, 2.75) is 0 Å². The van der Waals surface area contributed by atoms with Gasteiger partial charge in [0, 0.05) is 51.1 Å². The normalized spacial score (nSPS) is 10.8. The summed E-state index contributed by atoms with van der Waals surface area (Å²) in [5, 5.41) is 4.58. The molecule has 0 atom stereocenters. The van der Waals surface area contributed by atoms with Crippen LogP contribution >= 0.6 is 22.6 Å². The Kier molecular flexibility index (Phi) is 4.27. The van der Waals surface area contributed by atoms with Gasteiger partial charge < -0.3 is 14.6 Å². The number of hydrogen-bond acceptors (Lipinski definition) is 4. The predicted molar refractivity (Wildman–Crippen MR) is 108 cm³/mol. The number of aromatic nitrogens is 3. The summed E-state index contributed by atoms with van der Waals surface area (Å²) in [6, 6.07) is 14.2. The molecule has 0 unspecified atom stereocenters. The van der Waals surface area contributed by atoms with Crippen molar-refractivity contribution < 1.29 is 4.74 Å². The molecule has 6 heteroatoms. The van der Waals surface area contributed by atoms with E-state index >= 15 is 0 Å². The number of fused-ring (bicyclic) bond motifs is 1. The van der Waals surface area contributed by atoms with Gasteiger partial charge in [0.1, 0.15) is 5.75 Å². The van der Waals surface area contributed by atoms with Crippen molar-refractivity contribution in [3.63, 3.8) is 0 Å². The molecule has 4 aromatic rings. The van der Waals surface area contributed by atoms with E-state index in [2.05, 4.69) is 56.1 Å². The second kappa shape index (κ2) is 6.72. The number of halogens is 1. The summed E-state index contributed by atoms with van der Waals surface area (Å²) in [4.78, 5) is 8.55. The monoisotopic (exact) mass is 442 g/mol. The Morgan fingerprint density at radius 1 is 1.08 bits per heavy atom. The highest BCUT2D eigenvalue weighted by Crippen LogP contribution is 2.30. The molecule has 1 N–H and O–H groups in total. The van der Waals surface area contributed by atoms with E-state index in [0.29, 0.717) is 0 Å². The first-order chi connectivity index (χ1) is 12.2. The van der Waals surface area contributed by atoms with E-state index in [1.807, 2.05) is 41.2 Å². The fourth-order valence-corrected chi connectivity index (χ4v) is 3.21. The molecule has 0 fully saturated rings. The van der Waals surface area contributed by atoms with E-state index in [4.69, 9.17) is 4.74 Å². The van der Waals surface area contributed by atoms with Gasteiger partial charge in [-0.3, -0.25) is 4.98 Å². The van der Waals surface area contributed by atoms with Gasteiger partial charge in [-0.15, -0.1) is 0 Å². The third-order valence-corrected chi connectivity index (χ3v) is 4.58. The van der Waals surface area contributed by atoms with Gasteiger partial charge in [0.2, 0.25) is 0 Å². The summed E-state index contributed by atoms with van der Waals surface area (Å²) in [7, 11) is 1.67. The largest absolute Gasteiger partial charge is 0.497 e. The van der Waals surface area contributed by atoms with Crippen molar-refractivity contribution in [2.24, 2.45) is 0 Å². The van der Waals surface area contributed by atoms with Crippen molar-refractivity contribution in [1.82, 2.24) is 14.5 Å². The summed E-state index contributed by atoms with van der Waals surface area (Å²) in [6.45, 7) is 0. The van der Waals surface area contributed by atoms with Gasteiger partial charge in [-0.2, -0.15) is 0 Å². The van der Waals surface area contributed by atoms with E-state index in [-0.39, 0.29) is 0 Å². The second-order valence-corrected chi connectivity index (χ2v) is 6.78. The summed E-state index contributed by atoms with van der Waals surface area (Å²) in [5.74, 6) is 0.779. The van der Waals surface area contributed by atoms with Gasteiger partial charge in [-0.05, 0) is 52.9 Å². The zero-order valence-electron chi connectivity index (χ0n) is 13.5. The molecule has 2 heterocycles. The Morgan fingerprint density at radius 3 is 2.80 bits per heavy atom. The van der Waals surface area contributed by atoms with Crippen molar-refractivity contribution in [3.05, 3.63) is 71.0 Å². The van der Waals surface area contributed by atoms with Gasteiger partial charge in [0.25, 0.3) is 0 Å². The summed E-state index contributed by atoms with van der Waals surface area (Å²) in [6.07, 6.45) is 7.24. The highest BCUT2D eigenvalue weighted by atomic mass is 127. The molecule has 4 rings (SSSR count). The Bertz CT molecular complexity index is 1030. The van der Waals surface area contributed by atoms with Crippen LogP contribution in [0.15, 0.2) is 67.4 Å². The van der Waals surface area contributed by atoms with Gasteiger partial charge >= 0.3 is 0 Å². The third kappa shape index (κ3) is 3.30. The molecule has 2 aromatic heterocycles. The quantitative estimate of drug-likeness (QED) is 0.463. The minimum atomic E-state index is 0.779. The van der Waals surface area contributed by atoms with E-state index in [1.54, 1.807) is 19.6 Å². The number of nitrogens with zero attached hydrogens (tertiary/aromatic N) is 3. The number of hydrogen-bond donors (Lipinski definition) is 1. The van der Waals surface area contributed by atoms with Gasteiger partial charge in [0.05, 0.1) is 24.6 Å². The second-order valence-electron chi connectivity index (χ2n) is 5.53. The number of methoxy groups -OCH3 is 1. The first-order valence-corrected chi connectivity index (χ1v) is 8.79. The van der Waals surface area contributed by atoms with Crippen molar-refractivity contribution in [3.8, 4) is 11.4 Å². The molecule has 0 amide bonds. The molecule has 0 spiro atoms. The Hall–Kier alpha value is -2.61. The Morgan fingerprint density at radius 2 is 2.00 bits per heavy atom. The van der Waals surface area contributed by atoms with E-state index < -0.39 is 0 Å². The molecule has 0 aliphatic carbocycles. The predicted octanol–water partition coefficient (Wildman–Crippen LogP) is 4.78. The molecule has 2 aromatic carbocycles. The maximum atomic E-state index is 5.45. The number of benzene rings is 2. The third-order valence-electron chi connectivity index (χ3n) is 3.91. The van der Waals surface area contributed by atoms with Crippen LogP contribution in [0.5, 0.6) is 5.75 Å². The molecule has 5 nitrogen and oxygen atoms in total. The number of nitrogens with one attached hydrogen (secondary N) is 1. The van der Waals surface area contributed by atoms with Crippen LogP contribution in [0, 0.1) is 3.57 Å². The molecule has 0 aliphatic rings. The van der Waals surface area contributed by atoms with E-state index in [9.17, 15) is 0 Å². The highest BCUT2D eigenvalue weighted by molar-refractivity contribution is 14.1. The van der Waals surface area contributed by atoms with Crippen LogP contribution in [0.4, 0.5) is 11.4 Å². The number of ether oxygens (including phenoxy) is 1. The first-order valence-electron chi connectivity index (χ1n) is 7.71. The van der Waals surface area contributed by atoms with Crippen LogP contribution in [-0.2, 0) is 0 Å². The average Bonchev–Trinajstić information content (AvgIpc) is 3.17. The van der Waals surface area contributed by atoms with Crippen LogP contribution in [0.25, 0.3) is 16.6 Å². The van der Waals surface area contributed by atoms with Crippen LogP contribution in [-0.4, -0.2) is 21.6 Å². The molecular weight excluding hydrogens is 427 g/mol. The van der Waals surface area contributed by atoms with E-state index in [1.165, 1.54) is 3.57 Å². The van der Waals surface area contributed by atoms with Crippen LogP contribution < -0.4 is 10.1 Å². The maximum Gasteiger partial charge on any atom is 0.123 e. The van der Waals surface area contributed by atoms with Crippen molar-refractivity contribution in [2.75, 3.05) is 12.4 Å². The highest BCUT2D eigenvalue weighted by Gasteiger charge is 2.07. The molecule has 0 aliphatic heterocycles. The number of pyridine rings is 1. The van der Waals surface area contributed by atoms with Crippen molar-refractivity contribution in [1.29, 1.82) is 0 Å². The maximum absolute atomic E-state index is 5.45. The molecule has 124 valence electrons. The molecule has 0 saturated carbocycles. The lowest BCUT2D eigenvalue weighted by atomic mass is 10.1. The number of imidazole rings is 1. The average molecular weight is 442 g/mol. The molecule has 0 bridgehead atoms. The summed E-state index contributed by atoms with van der Waals surface area (Å²) < 4.78 is 8.57. The lowest BCUT2D eigenvalue weighted by Crippen LogP contribution is -1.97. The lowest BCUT2D eigenvalue weighted by Gasteiger charge is -2.13. The smallest absolute Gasteiger partial charge is 0.123 e. The fourth-order valence-electron chi connectivity index (χ4n) is 2.72. The molecule has 0 saturated heterocycles. The summed E-state index contributed by atoms with van der Waals surface area (Å²) in [5.41, 5.74) is 3.89. The standard InChI is InChI=1S/C19H15IN4O/c1-25-16-10-14(9-15(11-16)24-7-6-21-12-24)23-19-4-5-22-18-3-2-13(20)8-17(18)19/h2-12H,1H3,(H,22,23). The van der Waals surface area contributed by atoms with Crippen molar-refractivity contribution >= 4 is 44.9 Å². The number of rotatable bonds is 4. The van der Waals surface area contributed by atoms with Crippen LogP contribution in [0.2, 0.25) is 0 Å². The SMILES string of the molecule is COc1cc(Nc2ccnc3ccc(I)cc23)cc(-n2ccnc2)c1. The van der Waals surface area contributed by atoms with Gasteiger partial charge in [0.15, 0.2) is 0 Å². The molecule has 25 heavy (non-hydrogen) atoms. The van der Waals surface area contributed by atoms with Gasteiger partial charge in [-0.1, -0.05) is 0 Å². The molecule has 0 radical (unpaired) electrons. The molecular formula is C19H15IN4O. The minimum absolute atomic E-state index is 0.779. The lowest BCUT2D eigenvalue weighted by molar-refractivity contribution is 0.415. The van der Waals surface area contributed by atoms with Gasteiger partial charge in [-0.25, -0.2) is 4.98 Å². The van der Waals surface area contributed by atoms with E-state index in [0.717, 1.165) is 33.7 Å². The Balaban J connectivity index is 1.78.